The number of likely N-dealkylation sites (N-methyl/N-ethyl adjacent to an activating group) is 2. The minimum Gasteiger partial charge on any atom is -0.347 e. The molecule has 1 saturated heterocycles. The molecular formula is C16H32N4O4S. The van der Waals surface area contributed by atoms with Gasteiger partial charge in [0.15, 0.2) is 9.84 Å². The Bertz CT molecular complexity index is 546. The average molecular weight is 377 g/mol. The molecule has 0 saturated carbocycles. The Morgan fingerprint density at radius 1 is 1.08 bits per heavy atom. The quantitative estimate of drug-likeness (QED) is 0.521. The third-order valence-electron chi connectivity index (χ3n) is 4.50. The zero-order valence-corrected chi connectivity index (χ0v) is 16.6. The SMILES string of the molecule is CCN(CC)CCNC(=O)C(=O)N(CCN(C)C)C1CCS(=O)(=O)C1. The molecule has 0 spiro atoms. The van der Waals surface area contributed by atoms with E-state index in [1.807, 2.05) is 32.8 Å². The lowest BCUT2D eigenvalue weighted by molar-refractivity contribution is -0.147. The van der Waals surface area contributed by atoms with Gasteiger partial charge in [-0.15, -0.1) is 0 Å². The zero-order chi connectivity index (χ0) is 19.0. The zero-order valence-electron chi connectivity index (χ0n) is 15.8. The van der Waals surface area contributed by atoms with Gasteiger partial charge in [-0.2, -0.15) is 0 Å². The van der Waals surface area contributed by atoms with E-state index >= 15 is 0 Å². The van der Waals surface area contributed by atoms with Crippen molar-refractivity contribution in [2.24, 2.45) is 0 Å². The Hall–Kier alpha value is -1.19. The van der Waals surface area contributed by atoms with Crippen molar-refractivity contribution >= 4 is 21.7 Å². The summed E-state index contributed by atoms with van der Waals surface area (Å²) in [4.78, 5) is 30.3. The fraction of sp³-hybridized carbons (Fsp3) is 0.875. The van der Waals surface area contributed by atoms with Crippen molar-refractivity contribution in [3.05, 3.63) is 0 Å². The highest BCUT2D eigenvalue weighted by molar-refractivity contribution is 7.91. The second-order valence-corrected chi connectivity index (χ2v) is 8.87. The van der Waals surface area contributed by atoms with Crippen LogP contribution in [0.3, 0.4) is 0 Å². The number of carbonyl (C=O) groups excluding carboxylic acids is 2. The maximum absolute atomic E-state index is 12.6. The molecule has 1 fully saturated rings. The van der Waals surface area contributed by atoms with E-state index in [-0.39, 0.29) is 11.5 Å². The minimum absolute atomic E-state index is 0.0567. The van der Waals surface area contributed by atoms with Crippen molar-refractivity contribution in [3.63, 3.8) is 0 Å². The molecule has 2 amide bonds. The van der Waals surface area contributed by atoms with Crippen molar-refractivity contribution in [1.82, 2.24) is 20.0 Å². The third-order valence-corrected chi connectivity index (χ3v) is 6.25. The molecular weight excluding hydrogens is 344 g/mol. The highest BCUT2D eigenvalue weighted by Crippen LogP contribution is 2.18. The summed E-state index contributed by atoms with van der Waals surface area (Å²) in [5.74, 6) is -1.27. The molecule has 9 heteroatoms. The lowest BCUT2D eigenvalue weighted by Gasteiger charge is -2.29. The first-order valence-corrected chi connectivity index (χ1v) is 10.7. The fourth-order valence-corrected chi connectivity index (χ4v) is 4.58. The molecule has 8 nitrogen and oxygen atoms in total. The first-order valence-electron chi connectivity index (χ1n) is 8.86. The number of nitrogens with one attached hydrogen (secondary N) is 1. The van der Waals surface area contributed by atoms with Crippen LogP contribution in [0.15, 0.2) is 0 Å². The summed E-state index contributed by atoms with van der Waals surface area (Å²) in [5, 5.41) is 2.66. The van der Waals surface area contributed by atoms with E-state index in [4.69, 9.17) is 0 Å². The lowest BCUT2D eigenvalue weighted by atomic mass is 10.2. The van der Waals surface area contributed by atoms with Crippen LogP contribution in [0.25, 0.3) is 0 Å². The molecule has 1 aliphatic rings. The Morgan fingerprint density at radius 2 is 1.72 bits per heavy atom. The van der Waals surface area contributed by atoms with Gasteiger partial charge in [0, 0.05) is 32.2 Å². The van der Waals surface area contributed by atoms with Gasteiger partial charge >= 0.3 is 11.8 Å². The van der Waals surface area contributed by atoms with Gasteiger partial charge in [0.2, 0.25) is 0 Å². The van der Waals surface area contributed by atoms with Crippen LogP contribution < -0.4 is 5.32 Å². The number of sulfone groups is 1. The van der Waals surface area contributed by atoms with E-state index in [1.54, 1.807) is 0 Å². The van der Waals surface area contributed by atoms with E-state index in [0.717, 1.165) is 13.1 Å². The fourth-order valence-electron chi connectivity index (χ4n) is 2.85. The van der Waals surface area contributed by atoms with E-state index < -0.39 is 27.7 Å². The standard InChI is InChI=1S/C16H32N4O4S/c1-5-19(6-2)9-8-17-15(21)16(22)20(11-10-18(3)4)14-7-12-25(23,24)13-14/h14H,5-13H2,1-4H3,(H,17,21). The monoisotopic (exact) mass is 376 g/mol. The Labute approximate surface area is 151 Å². The third kappa shape index (κ3) is 7.29. The van der Waals surface area contributed by atoms with Gasteiger partial charge in [0.1, 0.15) is 0 Å². The smallest absolute Gasteiger partial charge is 0.312 e. The molecule has 1 unspecified atom stereocenters. The van der Waals surface area contributed by atoms with Gasteiger partial charge < -0.3 is 20.0 Å². The summed E-state index contributed by atoms with van der Waals surface area (Å²) in [6, 6.07) is -0.411. The number of nitrogens with zero attached hydrogens (tertiary/aromatic N) is 3. The van der Waals surface area contributed by atoms with Gasteiger partial charge in [0.25, 0.3) is 0 Å². The van der Waals surface area contributed by atoms with Crippen LogP contribution in [-0.4, -0.2) is 106 Å². The van der Waals surface area contributed by atoms with Crippen LogP contribution in [-0.2, 0) is 19.4 Å². The Kier molecular flexibility index (Phi) is 8.81. The van der Waals surface area contributed by atoms with Gasteiger partial charge in [0.05, 0.1) is 11.5 Å². The maximum atomic E-state index is 12.6. The molecule has 1 aliphatic heterocycles. The van der Waals surface area contributed by atoms with Gasteiger partial charge in [-0.25, -0.2) is 8.42 Å². The van der Waals surface area contributed by atoms with Crippen LogP contribution in [0, 0.1) is 0 Å². The van der Waals surface area contributed by atoms with Crippen molar-refractivity contribution < 1.29 is 18.0 Å². The molecule has 1 heterocycles. The topological polar surface area (TPSA) is 90.0 Å². The average Bonchev–Trinajstić information content (AvgIpc) is 2.90. The summed E-state index contributed by atoms with van der Waals surface area (Å²) < 4.78 is 23.5. The molecule has 146 valence electrons. The van der Waals surface area contributed by atoms with Crippen LogP contribution >= 0.6 is 0 Å². The van der Waals surface area contributed by atoms with Gasteiger partial charge in [-0.1, -0.05) is 13.8 Å². The number of carbonyl (C=O) groups is 2. The number of rotatable bonds is 9. The first-order chi connectivity index (χ1) is 11.7. The van der Waals surface area contributed by atoms with E-state index in [2.05, 4.69) is 10.2 Å². The summed E-state index contributed by atoms with van der Waals surface area (Å²) in [5.41, 5.74) is 0. The largest absolute Gasteiger partial charge is 0.347 e. The minimum atomic E-state index is -3.12. The number of hydrogen-bond donors (Lipinski definition) is 1. The highest BCUT2D eigenvalue weighted by atomic mass is 32.2. The predicted octanol–water partition coefficient (Wildman–Crippen LogP) is -0.978. The molecule has 0 aliphatic carbocycles. The molecule has 0 aromatic carbocycles. The van der Waals surface area contributed by atoms with Crippen LogP contribution in [0.1, 0.15) is 20.3 Å². The normalized spacial score (nSPS) is 19.4. The molecule has 25 heavy (non-hydrogen) atoms. The van der Waals surface area contributed by atoms with Crippen molar-refractivity contribution in [1.29, 1.82) is 0 Å². The van der Waals surface area contributed by atoms with Gasteiger partial charge in [-0.05, 0) is 33.6 Å². The van der Waals surface area contributed by atoms with E-state index in [9.17, 15) is 18.0 Å². The van der Waals surface area contributed by atoms with E-state index in [0.29, 0.717) is 32.6 Å². The van der Waals surface area contributed by atoms with Crippen molar-refractivity contribution in [2.45, 2.75) is 26.3 Å². The molecule has 0 aromatic rings. The van der Waals surface area contributed by atoms with Crippen LogP contribution in [0.4, 0.5) is 0 Å². The maximum Gasteiger partial charge on any atom is 0.312 e. The number of hydrogen-bond acceptors (Lipinski definition) is 6. The van der Waals surface area contributed by atoms with Crippen LogP contribution in [0.5, 0.6) is 0 Å². The molecule has 1 rings (SSSR count). The van der Waals surface area contributed by atoms with E-state index in [1.165, 1.54) is 4.90 Å². The van der Waals surface area contributed by atoms with Crippen molar-refractivity contribution in [2.75, 3.05) is 64.9 Å². The second kappa shape index (κ2) is 10.1. The summed E-state index contributed by atoms with van der Waals surface area (Å²) >= 11 is 0. The Morgan fingerprint density at radius 3 is 2.20 bits per heavy atom. The molecule has 1 N–H and O–H groups in total. The van der Waals surface area contributed by atoms with Gasteiger partial charge in [-0.3, -0.25) is 9.59 Å². The van der Waals surface area contributed by atoms with Crippen molar-refractivity contribution in [3.8, 4) is 0 Å². The second-order valence-electron chi connectivity index (χ2n) is 6.64. The summed E-state index contributed by atoms with van der Waals surface area (Å²) in [6.07, 6.45) is 0.397. The molecule has 0 radical (unpaired) electrons. The molecule has 0 bridgehead atoms. The summed E-state index contributed by atoms with van der Waals surface area (Å²) in [7, 11) is 0.627. The van der Waals surface area contributed by atoms with Crippen LogP contribution in [0.2, 0.25) is 0 Å². The Balaban J connectivity index is 2.66. The predicted molar refractivity (Wildman–Crippen MR) is 98.1 cm³/mol. The molecule has 0 aromatic heterocycles. The first kappa shape index (κ1) is 21.9. The summed E-state index contributed by atoms with van der Waals surface area (Å²) in [6.45, 7) is 7.85. The highest BCUT2D eigenvalue weighted by Gasteiger charge is 2.36. The molecule has 1 atom stereocenters. The number of amides is 2. The lowest BCUT2D eigenvalue weighted by Crippen LogP contribution is -2.51.